The Morgan fingerprint density at radius 2 is 2.46 bits per heavy atom. The zero-order valence-electron chi connectivity index (χ0n) is 6.02. The number of nitrogens with one attached hydrogen (secondary N) is 1. The Kier molecular flexibility index (Phi) is 1.44. The Morgan fingerprint density at radius 1 is 1.62 bits per heavy atom. The van der Waals surface area contributed by atoms with Gasteiger partial charge in [-0.05, 0) is 14.9 Å². The van der Waals surface area contributed by atoms with Gasteiger partial charge in [-0.15, -0.1) is 10.2 Å². The lowest BCUT2D eigenvalue weighted by Gasteiger charge is -1.81. The highest BCUT2D eigenvalue weighted by Crippen LogP contribution is 2.03. The van der Waals surface area contributed by atoms with E-state index in [2.05, 4.69) is 30.8 Å². The molecule has 13 heavy (non-hydrogen) atoms. The SMILES string of the molecule is O=[N+]([O-])c1cnn(-c2nn[nH]n2)n1. The summed E-state index contributed by atoms with van der Waals surface area (Å²) < 4.78 is 0. The van der Waals surface area contributed by atoms with E-state index >= 15 is 0 Å². The van der Waals surface area contributed by atoms with E-state index in [9.17, 15) is 10.1 Å². The summed E-state index contributed by atoms with van der Waals surface area (Å²) in [5, 5.41) is 29.7. The fourth-order valence-electron chi connectivity index (χ4n) is 0.676. The molecule has 2 aromatic heterocycles. The second kappa shape index (κ2) is 2.58. The van der Waals surface area contributed by atoms with Gasteiger partial charge in [-0.2, -0.15) is 5.21 Å². The smallest absolute Gasteiger partial charge is 0.358 e. The number of aromatic nitrogens is 7. The molecule has 0 bridgehead atoms. The molecule has 2 heterocycles. The lowest BCUT2D eigenvalue weighted by Crippen LogP contribution is -2.01. The average molecular weight is 182 g/mol. The van der Waals surface area contributed by atoms with Gasteiger partial charge < -0.3 is 10.1 Å². The topological polar surface area (TPSA) is 128 Å². The number of nitrogens with zero attached hydrogens (tertiary/aromatic N) is 7. The molecule has 0 aliphatic heterocycles. The minimum atomic E-state index is -0.663. The number of hydrogen-bond donors (Lipinski definition) is 1. The van der Waals surface area contributed by atoms with E-state index < -0.39 is 4.92 Å². The van der Waals surface area contributed by atoms with E-state index in [1.54, 1.807) is 0 Å². The molecular formula is C3H2N8O2. The van der Waals surface area contributed by atoms with Crippen molar-refractivity contribution < 1.29 is 4.92 Å². The summed E-state index contributed by atoms with van der Waals surface area (Å²) in [6, 6.07) is 0. The Hall–Kier alpha value is -2.39. The van der Waals surface area contributed by atoms with Crippen molar-refractivity contribution in [2.45, 2.75) is 0 Å². The van der Waals surface area contributed by atoms with Crippen LogP contribution in [0.15, 0.2) is 6.20 Å². The number of aromatic amines is 1. The molecule has 2 aromatic rings. The molecule has 66 valence electrons. The van der Waals surface area contributed by atoms with Crippen LogP contribution < -0.4 is 0 Å². The van der Waals surface area contributed by atoms with Gasteiger partial charge in [0.25, 0.3) is 0 Å². The number of H-pyrrole nitrogens is 1. The Morgan fingerprint density at radius 3 is 3.00 bits per heavy atom. The van der Waals surface area contributed by atoms with Crippen molar-refractivity contribution in [2.75, 3.05) is 0 Å². The fourth-order valence-corrected chi connectivity index (χ4v) is 0.676. The van der Waals surface area contributed by atoms with Gasteiger partial charge in [0.1, 0.15) is 0 Å². The molecule has 1 N–H and O–H groups in total. The molecule has 0 aliphatic carbocycles. The summed E-state index contributed by atoms with van der Waals surface area (Å²) in [6.07, 6.45) is 0.996. The summed E-state index contributed by atoms with van der Waals surface area (Å²) in [6.45, 7) is 0. The Labute approximate surface area is 69.7 Å². The molecule has 0 spiro atoms. The molecule has 2 rings (SSSR count). The quantitative estimate of drug-likeness (QED) is 0.450. The zero-order valence-corrected chi connectivity index (χ0v) is 6.02. The molecule has 0 saturated carbocycles. The summed E-state index contributed by atoms with van der Waals surface area (Å²) in [7, 11) is 0. The van der Waals surface area contributed by atoms with E-state index in [0.29, 0.717) is 0 Å². The third-order valence-corrected chi connectivity index (χ3v) is 1.18. The Balaban J connectivity index is 2.39. The van der Waals surface area contributed by atoms with Gasteiger partial charge in [0.05, 0.1) is 5.10 Å². The molecule has 0 amide bonds. The number of rotatable bonds is 2. The molecule has 0 atom stereocenters. The lowest BCUT2D eigenvalue weighted by molar-refractivity contribution is -0.389. The van der Waals surface area contributed by atoms with Crippen molar-refractivity contribution in [1.82, 2.24) is 35.6 Å². The number of tetrazole rings is 1. The largest absolute Gasteiger partial charge is 0.410 e. The first kappa shape index (κ1) is 7.27. The molecule has 0 aliphatic rings. The summed E-state index contributed by atoms with van der Waals surface area (Å²) in [4.78, 5) is 10.5. The first-order chi connectivity index (χ1) is 6.27. The van der Waals surface area contributed by atoms with E-state index in [0.717, 1.165) is 11.0 Å². The normalized spacial score (nSPS) is 10.2. The molecule has 0 saturated heterocycles. The van der Waals surface area contributed by atoms with Crippen LogP contribution >= 0.6 is 0 Å². The van der Waals surface area contributed by atoms with Crippen LogP contribution in [0.5, 0.6) is 0 Å². The molecule has 0 radical (unpaired) electrons. The summed E-state index contributed by atoms with van der Waals surface area (Å²) in [5.41, 5.74) is 0. The fraction of sp³-hybridized carbons (Fsp3) is 0. The molecule has 0 unspecified atom stereocenters. The second-order valence-corrected chi connectivity index (χ2v) is 1.96. The maximum atomic E-state index is 10.2. The number of nitro groups is 1. The van der Waals surface area contributed by atoms with Crippen molar-refractivity contribution in [3.63, 3.8) is 0 Å². The van der Waals surface area contributed by atoms with Crippen LogP contribution in [0.2, 0.25) is 0 Å². The second-order valence-electron chi connectivity index (χ2n) is 1.96. The van der Waals surface area contributed by atoms with Crippen molar-refractivity contribution in [2.24, 2.45) is 0 Å². The van der Waals surface area contributed by atoms with Crippen molar-refractivity contribution >= 4 is 5.82 Å². The van der Waals surface area contributed by atoms with Crippen LogP contribution in [0.25, 0.3) is 5.95 Å². The Bertz CT molecular complexity index is 416. The van der Waals surface area contributed by atoms with Gasteiger partial charge in [0.15, 0.2) is 6.20 Å². The monoisotopic (exact) mass is 182 g/mol. The van der Waals surface area contributed by atoms with Crippen molar-refractivity contribution in [3.8, 4) is 5.95 Å². The zero-order chi connectivity index (χ0) is 9.26. The van der Waals surface area contributed by atoms with Gasteiger partial charge in [0.2, 0.25) is 0 Å². The van der Waals surface area contributed by atoms with Crippen LogP contribution in [0.3, 0.4) is 0 Å². The first-order valence-corrected chi connectivity index (χ1v) is 3.08. The summed E-state index contributed by atoms with van der Waals surface area (Å²) in [5.74, 6) is -0.321. The van der Waals surface area contributed by atoms with Gasteiger partial charge in [0, 0.05) is 0 Å². The maximum Gasteiger partial charge on any atom is 0.410 e. The average Bonchev–Trinajstić information content (AvgIpc) is 2.75. The van der Waals surface area contributed by atoms with E-state index in [1.165, 1.54) is 0 Å². The van der Waals surface area contributed by atoms with Gasteiger partial charge in [-0.3, -0.25) is 0 Å². The van der Waals surface area contributed by atoms with Crippen molar-refractivity contribution in [1.29, 1.82) is 0 Å². The van der Waals surface area contributed by atoms with Crippen LogP contribution in [0, 0.1) is 10.1 Å². The molecule has 10 heteroatoms. The predicted molar refractivity (Wildman–Crippen MR) is 35.7 cm³/mol. The van der Waals surface area contributed by atoms with Crippen LogP contribution in [0.4, 0.5) is 5.82 Å². The highest BCUT2D eigenvalue weighted by Gasteiger charge is 2.16. The molecule has 0 aromatic carbocycles. The summed E-state index contributed by atoms with van der Waals surface area (Å²) >= 11 is 0. The highest BCUT2D eigenvalue weighted by molar-refractivity contribution is 5.11. The highest BCUT2D eigenvalue weighted by atomic mass is 16.6. The minimum absolute atomic E-state index is 0.0492. The number of hydrogen-bond acceptors (Lipinski definition) is 7. The third kappa shape index (κ3) is 1.19. The predicted octanol–water partition coefficient (Wildman–Crippen LogP) is -1.31. The molecular weight excluding hydrogens is 180 g/mol. The first-order valence-electron chi connectivity index (χ1n) is 3.08. The minimum Gasteiger partial charge on any atom is -0.358 e. The van der Waals surface area contributed by atoms with E-state index in [-0.39, 0.29) is 11.8 Å². The van der Waals surface area contributed by atoms with Crippen molar-refractivity contribution in [3.05, 3.63) is 16.3 Å². The molecule has 10 nitrogen and oxygen atoms in total. The van der Waals surface area contributed by atoms with E-state index in [1.807, 2.05) is 0 Å². The third-order valence-electron chi connectivity index (χ3n) is 1.18. The van der Waals surface area contributed by atoms with E-state index in [4.69, 9.17) is 0 Å². The van der Waals surface area contributed by atoms with Gasteiger partial charge >= 0.3 is 11.8 Å². The molecule has 0 fully saturated rings. The van der Waals surface area contributed by atoms with Crippen LogP contribution in [0.1, 0.15) is 0 Å². The maximum absolute atomic E-state index is 10.2. The van der Waals surface area contributed by atoms with Crippen LogP contribution in [-0.2, 0) is 0 Å². The lowest BCUT2D eigenvalue weighted by atomic mass is 10.8. The van der Waals surface area contributed by atoms with Gasteiger partial charge in [-0.25, -0.2) is 0 Å². The van der Waals surface area contributed by atoms with Gasteiger partial charge in [-0.1, -0.05) is 5.10 Å². The van der Waals surface area contributed by atoms with Crippen LogP contribution in [-0.4, -0.2) is 40.5 Å². The standard InChI is InChI=1S/C3H2N8O2/c12-11(13)2-1-4-10(7-2)3-5-8-9-6-3/h1H,(H,5,6,8,9).